The zero-order valence-electron chi connectivity index (χ0n) is 18.6. The van der Waals surface area contributed by atoms with E-state index in [1.54, 1.807) is 6.92 Å². The van der Waals surface area contributed by atoms with E-state index in [1.807, 2.05) is 6.92 Å². The van der Waals surface area contributed by atoms with E-state index in [9.17, 15) is 24.6 Å². The van der Waals surface area contributed by atoms with Crippen molar-refractivity contribution in [1.82, 2.24) is 0 Å². The van der Waals surface area contributed by atoms with Crippen molar-refractivity contribution in [3.05, 3.63) is 11.6 Å². The van der Waals surface area contributed by atoms with Crippen LogP contribution < -0.4 is 0 Å². The fourth-order valence-electron chi connectivity index (χ4n) is 7.77. The molecule has 0 saturated heterocycles. The molecule has 0 radical (unpaired) electrons. The van der Waals surface area contributed by atoms with Crippen LogP contribution in [0.2, 0.25) is 0 Å². The maximum atomic E-state index is 15.5. The van der Waals surface area contributed by atoms with Gasteiger partial charge in [-0.25, -0.2) is 4.39 Å². The maximum absolute atomic E-state index is 15.5. The minimum absolute atomic E-state index is 0.133. The summed E-state index contributed by atoms with van der Waals surface area (Å²) < 4.78 is 21.4. The van der Waals surface area contributed by atoms with Crippen molar-refractivity contribution in [3.63, 3.8) is 0 Å². The standard InChI is InChI=1S/C24H32ClFO6/c1-3-21(31)32-24(20(30)11-25)7-5-15-14-10-18(26)17-8-13(28)9-19(29)23(17,12-27)16(14)4-6-22(15,24)2/h8,14-16,18-19,27,29H,3-7,9-12H2,1-2H3/t14-,15+,16+,18-,19?,22+,23+,24+/m1/s1. The molecule has 0 aromatic heterocycles. The molecule has 1 unspecified atom stereocenters. The first kappa shape index (κ1) is 23.8. The third kappa shape index (κ3) is 3.00. The number of fused-ring (bicyclic) bond motifs is 5. The van der Waals surface area contributed by atoms with Gasteiger partial charge in [0, 0.05) is 23.7 Å². The second kappa shape index (κ2) is 8.17. The second-order valence-corrected chi connectivity index (χ2v) is 10.5. The van der Waals surface area contributed by atoms with Crippen LogP contribution in [0.15, 0.2) is 11.6 Å². The van der Waals surface area contributed by atoms with Crippen molar-refractivity contribution in [2.45, 2.75) is 76.7 Å². The van der Waals surface area contributed by atoms with E-state index >= 15 is 4.39 Å². The van der Waals surface area contributed by atoms with Gasteiger partial charge >= 0.3 is 5.97 Å². The molecule has 0 bridgehead atoms. The van der Waals surface area contributed by atoms with Gasteiger partial charge in [-0.1, -0.05) is 13.8 Å². The van der Waals surface area contributed by atoms with Crippen LogP contribution in [-0.4, -0.2) is 58.1 Å². The zero-order valence-corrected chi connectivity index (χ0v) is 19.4. The van der Waals surface area contributed by atoms with Gasteiger partial charge < -0.3 is 14.9 Å². The van der Waals surface area contributed by atoms with Gasteiger partial charge in [-0.05, 0) is 61.5 Å². The van der Waals surface area contributed by atoms with Crippen LogP contribution in [-0.2, 0) is 19.1 Å². The molecule has 0 amide bonds. The van der Waals surface area contributed by atoms with E-state index < -0.39 is 41.3 Å². The van der Waals surface area contributed by atoms with Crippen molar-refractivity contribution in [1.29, 1.82) is 0 Å². The molecular formula is C24H32ClFO6. The topological polar surface area (TPSA) is 101 Å². The Morgan fingerprint density at radius 2 is 1.97 bits per heavy atom. The number of carbonyl (C=O) groups excluding carboxylic acids is 3. The number of ketones is 2. The molecule has 0 aliphatic heterocycles. The minimum Gasteiger partial charge on any atom is -0.450 e. The highest BCUT2D eigenvalue weighted by atomic mass is 35.5. The molecule has 4 aliphatic rings. The van der Waals surface area contributed by atoms with Gasteiger partial charge in [-0.2, -0.15) is 0 Å². The predicted octanol–water partition coefficient (Wildman–Crippen LogP) is 2.91. The van der Waals surface area contributed by atoms with Crippen LogP contribution in [0.25, 0.3) is 0 Å². The van der Waals surface area contributed by atoms with Gasteiger partial charge in [0.05, 0.1) is 18.6 Å². The Hall–Kier alpha value is -1.31. The molecule has 3 saturated carbocycles. The maximum Gasteiger partial charge on any atom is 0.306 e. The summed E-state index contributed by atoms with van der Waals surface area (Å²) in [5, 5.41) is 21.4. The third-order valence-corrected chi connectivity index (χ3v) is 9.53. The Bertz CT molecular complexity index is 859. The van der Waals surface area contributed by atoms with Gasteiger partial charge in [0.15, 0.2) is 17.2 Å². The highest BCUT2D eigenvalue weighted by Gasteiger charge is 2.70. The SMILES string of the molecule is CCC(=O)O[C@]1(C(=O)CCl)CC[C@H]2[C@H]3C[C@@H](F)C4=CC(=O)CC(O)[C@@]4(CO)[C@H]3CC[C@@]21C. The second-order valence-electron chi connectivity index (χ2n) is 10.3. The molecule has 2 N–H and O–H groups in total. The lowest BCUT2D eigenvalue weighted by molar-refractivity contribution is -0.193. The molecule has 0 spiro atoms. The summed E-state index contributed by atoms with van der Waals surface area (Å²) in [6, 6.07) is 0. The fraction of sp³-hybridized carbons (Fsp3) is 0.792. The first-order chi connectivity index (χ1) is 15.1. The fourth-order valence-corrected chi connectivity index (χ4v) is 7.98. The number of Topliss-reactive ketones (excluding diaryl/α,β-unsaturated/α-hetero) is 1. The van der Waals surface area contributed by atoms with E-state index in [4.69, 9.17) is 16.3 Å². The largest absolute Gasteiger partial charge is 0.450 e. The summed E-state index contributed by atoms with van der Waals surface area (Å²) >= 11 is 5.96. The lowest BCUT2D eigenvalue weighted by Gasteiger charge is -2.61. The third-order valence-electron chi connectivity index (χ3n) is 9.29. The number of rotatable bonds is 5. The van der Waals surface area contributed by atoms with Crippen LogP contribution in [0.1, 0.15) is 58.8 Å². The molecule has 8 atom stereocenters. The molecule has 6 nitrogen and oxygen atoms in total. The summed E-state index contributed by atoms with van der Waals surface area (Å²) in [6.07, 6.45) is 0.789. The number of alkyl halides is 2. The van der Waals surface area contributed by atoms with Crippen LogP contribution in [0.3, 0.4) is 0 Å². The number of carbonyl (C=O) groups is 3. The number of hydrogen-bond donors (Lipinski definition) is 2. The minimum atomic E-state index is -1.46. The monoisotopic (exact) mass is 470 g/mol. The summed E-state index contributed by atoms with van der Waals surface area (Å²) in [7, 11) is 0. The normalized spacial score (nSPS) is 45.4. The van der Waals surface area contributed by atoms with Crippen molar-refractivity contribution >= 4 is 29.1 Å². The molecule has 178 valence electrons. The van der Waals surface area contributed by atoms with Crippen LogP contribution in [0, 0.1) is 28.6 Å². The smallest absolute Gasteiger partial charge is 0.306 e. The van der Waals surface area contributed by atoms with E-state index in [2.05, 4.69) is 0 Å². The quantitative estimate of drug-likeness (QED) is 0.473. The van der Waals surface area contributed by atoms with Crippen molar-refractivity contribution in [2.75, 3.05) is 12.5 Å². The van der Waals surface area contributed by atoms with Gasteiger partial charge in [0.1, 0.15) is 6.17 Å². The summed E-state index contributed by atoms with van der Waals surface area (Å²) in [4.78, 5) is 37.5. The number of esters is 1. The Labute approximate surface area is 192 Å². The van der Waals surface area contributed by atoms with E-state index in [0.29, 0.717) is 25.7 Å². The van der Waals surface area contributed by atoms with Crippen molar-refractivity contribution in [2.24, 2.45) is 28.6 Å². The number of aliphatic hydroxyl groups is 2. The number of hydrogen-bond acceptors (Lipinski definition) is 6. The molecule has 8 heteroatoms. The Kier molecular flexibility index (Phi) is 6.09. The summed E-state index contributed by atoms with van der Waals surface area (Å²) in [6.45, 7) is 3.18. The Balaban J connectivity index is 1.77. The van der Waals surface area contributed by atoms with Crippen molar-refractivity contribution < 1.29 is 33.7 Å². The van der Waals surface area contributed by atoms with Gasteiger partial charge in [-0.15, -0.1) is 11.6 Å². The molecule has 0 aromatic carbocycles. The van der Waals surface area contributed by atoms with Gasteiger partial charge in [-0.3, -0.25) is 14.4 Å². The first-order valence-corrected chi connectivity index (χ1v) is 12.1. The van der Waals surface area contributed by atoms with E-state index in [1.165, 1.54) is 6.08 Å². The number of ether oxygens (including phenoxy) is 1. The predicted molar refractivity (Wildman–Crippen MR) is 115 cm³/mol. The first-order valence-electron chi connectivity index (χ1n) is 11.6. The highest BCUT2D eigenvalue weighted by Crippen LogP contribution is 2.68. The summed E-state index contributed by atoms with van der Waals surface area (Å²) in [5.41, 5.74) is -3.03. The van der Waals surface area contributed by atoms with E-state index in [-0.39, 0.29) is 60.0 Å². The molecule has 3 fully saturated rings. The lowest BCUT2D eigenvalue weighted by Crippen LogP contribution is -2.63. The number of aliphatic hydroxyl groups excluding tert-OH is 2. The average Bonchev–Trinajstić information content (AvgIpc) is 3.06. The number of halogens is 2. The Morgan fingerprint density at radius 1 is 1.28 bits per heavy atom. The van der Waals surface area contributed by atoms with Crippen LogP contribution >= 0.6 is 11.6 Å². The van der Waals surface area contributed by atoms with Crippen LogP contribution in [0.4, 0.5) is 4.39 Å². The van der Waals surface area contributed by atoms with E-state index in [0.717, 1.165) is 0 Å². The molecule has 4 rings (SSSR count). The van der Waals surface area contributed by atoms with Gasteiger partial charge in [0.2, 0.25) is 0 Å². The molecule has 32 heavy (non-hydrogen) atoms. The molecular weight excluding hydrogens is 439 g/mol. The molecule has 4 aliphatic carbocycles. The average molecular weight is 471 g/mol. The molecule has 0 heterocycles. The van der Waals surface area contributed by atoms with Crippen molar-refractivity contribution in [3.8, 4) is 0 Å². The Morgan fingerprint density at radius 3 is 2.59 bits per heavy atom. The lowest BCUT2D eigenvalue weighted by atomic mass is 9.45. The van der Waals surface area contributed by atoms with Crippen LogP contribution in [0.5, 0.6) is 0 Å². The zero-order chi connectivity index (χ0) is 23.5. The highest BCUT2D eigenvalue weighted by molar-refractivity contribution is 6.29. The van der Waals surface area contributed by atoms with Gasteiger partial charge in [0.25, 0.3) is 0 Å². The summed E-state index contributed by atoms with van der Waals surface area (Å²) in [5.74, 6) is -1.95. The molecule has 0 aromatic rings.